The number of nitrogens with two attached hydrogens (primary N) is 2. The number of benzene rings is 1. The van der Waals surface area contributed by atoms with Crippen LogP contribution < -0.4 is 16.2 Å². The molecule has 0 radical (unpaired) electrons. The Morgan fingerprint density at radius 2 is 1.78 bits per heavy atom. The number of hydrogen-bond donors (Lipinski definition) is 2. The van der Waals surface area contributed by atoms with Gasteiger partial charge in [-0.2, -0.15) is 0 Å². The van der Waals surface area contributed by atoms with E-state index in [1.807, 2.05) is 0 Å². The fourth-order valence-electron chi connectivity index (χ4n) is 2.24. The topological polar surface area (TPSA) is 61.3 Å². The van der Waals surface area contributed by atoms with Gasteiger partial charge in [0.1, 0.15) is 5.75 Å². The third-order valence-electron chi connectivity index (χ3n) is 3.92. The van der Waals surface area contributed by atoms with E-state index in [1.54, 1.807) is 7.11 Å². The monoisotopic (exact) mass is 250 g/mol. The van der Waals surface area contributed by atoms with Crippen molar-refractivity contribution in [1.82, 2.24) is 0 Å². The van der Waals surface area contributed by atoms with Gasteiger partial charge in [-0.25, -0.2) is 0 Å². The summed E-state index contributed by atoms with van der Waals surface area (Å²) in [5.41, 5.74) is 16.7. The second-order valence-corrected chi connectivity index (χ2v) is 5.75. The molecular weight excluding hydrogens is 224 g/mol. The highest BCUT2D eigenvalue weighted by Crippen LogP contribution is 2.40. The van der Waals surface area contributed by atoms with Gasteiger partial charge in [0.15, 0.2) is 0 Å². The summed E-state index contributed by atoms with van der Waals surface area (Å²) in [5.74, 6) is 0.904. The van der Waals surface area contributed by atoms with Gasteiger partial charge < -0.3 is 16.2 Å². The Labute approximate surface area is 111 Å². The average molecular weight is 250 g/mol. The van der Waals surface area contributed by atoms with Gasteiger partial charge in [-0.15, -0.1) is 0 Å². The van der Waals surface area contributed by atoms with Gasteiger partial charge in [-0.05, 0) is 49.4 Å². The Bertz CT molecular complexity index is 439. The third kappa shape index (κ3) is 2.52. The zero-order chi connectivity index (χ0) is 14.1. The Morgan fingerprint density at radius 3 is 2.22 bits per heavy atom. The first-order valence-electron chi connectivity index (χ1n) is 6.36. The van der Waals surface area contributed by atoms with E-state index in [2.05, 4.69) is 40.7 Å². The maximum absolute atomic E-state index is 6.42. The molecule has 3 nitrogen and oxygen atoms in total. The van der Waals surface area contributed by atoms with Crippen LogP contribution in [0.5, 0.6) is 5.75 Å². The minimum absolute atomic E-state index is 0.128. The van der Waals surface area contributed by atoms with Crippen LogP contribution in [0.25, 0.3) is 0 Å². The summed E-state index contributed by atoms with van der Waals surface area (Å²) in [6, 6.07) is 2.04. The van der Waals surface area contributed by atoms with Gasteiger partial charge in [0, 0.05) is 11.6 Å². The molecule has 0 amide bonds. The lowest BCUT2D eigenvalue weighted by Crippen LogP contribution is -2.36. The molecule has 4 N–H and O–H groups in total. The maximum atomic E-state index is 6.42. The highest BCUT2D eigenvalue weighted by molar-refractivity contribution is 5.51. The van der Waals surface area contributed by atoms with Gasteiger partial charge >= 0.3 is 0 Å². The Morgan fingerprint density at radius 1 is 1.22 bits per heavy atom. The number of ether oxygens (including phenoxy) is 1. The van der Waals surface area contributed by atoms with E-state index in [-0.39, 0.29) is 11.5 Å². The van der Waals surface area contributed by atoms with Crippen molar-refractivity contribution in [3.05, 3.63) is 28.3 Å². The van der Waals surface area contributed by atoms with E-state index in [1.165, 1.54) is 11.1 Å². The maximum Gasteiger partial charge on any atom is 0.127 e. The van der Waals surface area contributed by atoms with Crippen LogP contribution in [0.3, 0.4) is 0 Å². The smallest absolute Gasteiger partial charge is 0.127 e. The summed E-state index contributed by atoms with van der Waals surface area (Å²) in [7, 11) is 1.70. The summed E-state index contributed by atoms with van der Waals surface area (Å²) >= 11 is 0. The van der Waals surface area contributed by atoms with Crippen molar-refractivity contribution >= 4 is 0 Å². The van der Waals surface area contributed by atoms with E-state index in [4.69, 9.17) is 16.2 Å². The molecule has 1 aromatic rings. The van der Waals surface area contributed by atoms with Crippen molar-refractivity contribution in [3.63, 3.8) is 0 Å². The minimum Gasteiger partial charge on any atom is -0.496 e. The van der Waals surface area contributed by atoms with E-state index < -0.39 is 0 Å². The van der Waals surface area contributed by atoms with Crippen LogP contribution >= 0.6 is 0 Å². The quantitative estimate of drug-likeness (QED) is 0.863. The van der Waals surface area contributed by atoms with Crippen molar-refractivity contribution in [2.45, 2.75) is 40.7 Å². The molecule has 1 aromatic carbocycles. The van der Waals surface area contributed by atoms with Crippen molar-refractivity contribution in [1.29, 1.82) is 0 Å². The highest BCUT2D eigenvalue weighted by Gasteiger charge is 2.30. The van der Waals surface area contributed by atoms with Crippen LogP contribution in [0.1, 0.15) is 42.1 Å². The molecular formula is C15H26N2O. The fraction of sp³-hybridized carbons (Fsp3) is 0.600. The number of aryl methyl sites for hydroxylation is 2. The zero-order valence-electron chi connectivity index (χ0n) is 12.4. The summed E-state index contributed by atoms with van der Waals surface area (Å²) in [4.78, 5) is 0. The van der Waals surface area contributed by atoms with Crippen LogP contribution in [-0.4, -0.2) is 13.7 Å². The Hall–Kier alpha value is -1.06. The minimum atomic E-state index is -0.153. The van der Waals surface area contributed by atoms with Crippen molar-refractivity contribution < 1.29 is 4.74 Å². The molecule has 0 spiro atoms. The third-order valence-corrected chi connectivity index (χ3v) is 3.92. The molecule has 18 heavy (non-hydrogen) atoms. The molecule has 0 bridgehead atoms. The van der Waals surface area contributed by atoms with Crippen molar-refractivity contribution in [3.8, 4) is 5.75 Å². The fourth-order valence-corrected chi connectivity index (χ4v) is 2.24. The highest BCUT2D eigenvalue weighted by atomic mass is 16.5. The first kappa shape index (κ1) is 15.0. The standard InChI is InChI=1S/C15H26N2O/c1-9-7-10(2)12(13(18-6)11(9)3)14(17)15(4,5)8-16/h7,14H,8,16-17H2,1-6H3. The number of rotatable bonds is 4. The zero-order valence-corrected chi connectivity index (χ0v) is 12.4. The van der Waals surface area contributed by atoms with Crippen molar-refractivity contribution in [2.24, 2.45) is 16.9 Å². The van der Waals surface area contributed by atoms with Crippen LogP contribution in [0.2, 0.25) is 0 Å². The number of methoxy groups -OCH3 is 1. The molecule has 0 aliphatic carbocycles. The molecule has 0 saturated heterocycles. The van der Waals surface area contributed by atoms with E-state index in [0.717, 1.165) is 16.9 Å². The summed E-state index contributed by atoms with van der Waals surface area (Å²) in [5, 5.41) is 0. The molecule has 0 aliphatic heterocycles. The molecule has 0 heterocycles. The average Bonchev–Trinajstić information content (AvgIpc) is 2.32. The summed E-state index contributed by atoms with van der Waals surface area (Å²) < 4.78 is 5.58. The summed E-state index contributed by atoms with van der Waals surface area (Å²) in [6.07, 6.45) is 0. The van der Waals surface area contributed by atoms with Crippen LogP contribution in [0, 0.1) is 26.2 Å². The molecule has 1 rings (SSSR count). The lowest BCUT2D eigenvalue weighted by atomic mass is 9.78. The van der Waals surface area contributed by atoms with Gasteiger partial charge in [0.05, 0.1) is 7.11 Å². The van der Waals surface area contributed by atoms with Gasteiger partial charge in [0.25, 0.3) is 0 Å². The van der Waals surface area contributed by atoms with Crippen LogP contribution in [0.15, 0.2) is 6.07 Å². The normalized spacial score (nSPS) is 13.6. The largest absolute Gasteiger partial charge is 0.496 e. The Kier molecular flexibility index (Phi) is 4.41. The second-order valence-electron chi connectivity index (χ2n) is 5.75. The first-order valence-corrected chi connectivity index (χ1v) is 6.36. The molecule has 1 atom stereocenters. The van der Waals surface area contributed by atoms with Gasteiger partial charge in [-0.1, -0.05) is 19.9 Å². The van der Waals surface area contributed by atoms with Crippen LogP contribution in [-0.2, 0) is 0 Å². The van der Waals surface area contributed by atoms with E-state index in [9.17, 15) is 0 Å². The lowest BCUT2D eigenvalue weighted by molar-refractivity contribution is 0.290. The lowest BCUT2D eigenvalue weighted by Gasteiger charge is -2.33. The summed E-state index contributed by atoms with van der Waals surface area (Å²) in [6.45, 7) is 11.0. The van der Waals surface area contributed by atoms with Gasteiger partial charge in [-0.3, -0.25) is 0 Å². The molecule has 0 fully saturated rings. The predicted octanol–water partition coefficient (Wildman–Crippen LogP) is 2.61. The van der Waals surface area contributed by atoms with Gasteiger partial charge in [0.2, 0.25) is 0 Å². The van der Waals surface area contributed by atoms with E-state index in [0.29, 0.717) is 6.54 Å². The molecule has 0 aromatic heterocycles. The van der Waals surface area contributed by atoms with E-state index >= 15 is 0 Å². The van der Waals surface area contributed by atoms with Crippen LogP contribution in [0.4, 0.5) is 0 Å². The molecule has 0 saturated carbocycles. The predicted molar refractivity (Wildman–Crippen MR) is 77.0 cm³/mol. The molecule has 0 aliphatic rings. The SMILES string of the molecule is COc1c(C)c(C)cc(C)c1C(N)C(C)(C)CN. The molecule has 3 heteroatoms. The first-order chi connectivity index (χ1) is 8.26. The number of hydrogen-bond acceptors (Lipinski definition) is 3. The molecule has 102 valence electrons. The Balaban J connectivity index is 3.45. The molecule has 1 unspecified atom stereocenters. The van der Waals surface area contributed by atoms with Crippen molar-refractivity contribution in [2.75, 3.05) is 13.7 Å². The second kappa shape index (κ2) is 5.29.